The van der Waals surface area contributed by atoms with Gasteiger partial charge in [-0.15, -0.1) is 0 Å². The predicted molar refractivity (Wildman–Crippen MR) is 71.7 cm³/mol. The van der Waals surface area contributed by atoms with Gasteiger partial charge in [-0.1, -0.05) is 29.8 Å². The van der Waals surface area contributed by atoms with Crippen molar-refractivity contribution >= 4 is 17.5 Å². The highest BCUT2D eigenvalue weighted by Gasteiger charge is 2.25. The van der Waals surface area contributed by atoms with E-state index in [4.69, 9.17) is 16.3 Å². The van der Waals surface area contributed by atoms with Crippen molar-refractivity contribution in [3.05, 3.63) is 34.9 Å². The normalized spacial score (nSPS) is 24.1. The van der Waals surface area contributed by atoms with Crippen LogP contribution in [0.2, 0.25) is 5.02 Å². The molecule has 0 radical (unpaired) electrons. The van der Waals surface area contributed by atoms with E-state index >= 15 is 0 Å². The Morgan fingerprint density at radius 3 is 2.56 bits per heavy atom. The predicted octanol–water partition coefficient (Wildman–Crippen LogP) is 2.52. The standard InChI is InChI=1S/C14H18ClNO2/c1-10-8-16(9-11(2)18-10)14(17)7-12-5-3-4-6-13(12)15/h3-6,10-11H,7-9H2,1-2H3/t10-,11-/m1/s1. The largest absolute Gasteiger partial charge is 0.372 e. The molecule has 2 rings (SSSR count). The first-order valence-corrected chi connectivity index (χ1v) is 6.60. The summed E-state index contributed by atoms with van der Waals surface area (Å²) < 4.78 is 5.62. The summed E-state index contributed by atoms with van der Waals surface area (Å²) in [6.07, 6.45) is 0.562. The van der Waals surface area contributed by atoms with Crippen LogP contribution >= 0.6 is 11.6 Å². The zero-order valence-electron chi connectivity index (χ0n) is 10.7. The van der Waals surface area contributed by atoms with Crippen molar-refractivity contribution < 1.29 is 9.53 Å². The quantitative estimate of drug-likeness (QED) is 0.824. The molecular formula is C14H18ClNO2. The molecule has 4 heteroatoms. The highest BCUT2D eigenvalue weighted by atomic mass is 35.5. The van der Waals surface area contributed by atoms with E-state index in [1.807, 2.05) is 43.0 Å². The number of carbonyl (C=O) groups excluding carboxylic acids is 1. The van der Waals surface area contributed by atoms with Crippen LogP contribution in [-0.4, -0.2) is 36.1 Å². The highest BCUT2D eigenvalue weighted by Crippen LogP contribution is 2.18. The van der Waals surface area contributed by atoms with Crippen LogP contribution in [0.1, 0.15) is 19.4 Å². The van der Waals surface area contributed by atoms with Crippen molar-refractivity contribution in [2.24, 2.45) is 0 Å². The van der Waals surface area contributed by atoms with Crippen molar-refractivity contribution in [1.29, 1.82) is 0 Å². The number of rotatable bonds is 2. The molecule has 1 aliphatic heterocycles. The fourth-order valence-electron chi connectivity index (χ4n) is 2.30. The molecule has 0 N–H and O–H groups in total. The van der Waals surface area contributed by atoms with E-state index in [-0.39, 0.29) is 18.1 Å². The Morgan fingerprint density at radius 2 is 1.94 bits per heavy atom. The van der Waals surface area contributed by atoms with Gasteiger partial charge < -0.3 is 9.64 Å². The van der Waals surface area contributed by atoms with E-state index in [0.717, 1.165) is 5.56 Å². The van der Waals surface area contributed by atoms with Gasteiger partial charge in [0, 0.05) is 18.1 Å². The van der Waals surface area contributed by atoms with E-state index < -0.39 is 0 Å². The summed E-state index contributed by atoms with van der Waals surface area (Å²) in [6.45, 7) is 5.30. The van der Waals surface area contributed by atoms with Gasteiger partial charge in [0.2, 0.25) is 5.91 Å². The van der Waals surface area contributed by atoms with Crippen molar-refractivity contribution in [3.63, 3.8) is 0 Å². The number of hydrogen-bond acceptors (Lipinski definition) is 2. The first kappa shape index (κ1) is 13.4. The zero-order valence-corrected chi connectivity index (χ0v) is 11.5. The molecule has 1 aromatic rings. The molecule has 0 saturated carbocycles. The zero-order chi connectivity index (χ0) is 13.1. The van der Waals surface area contributed by atoms with Gasteiger partial charge in [0.25, 0.3) is 0 Å². The number of amides is 1. The van der Waals surface area contributed by atoms with Gasteiger partial charge in [0.05, 0.1) is 18.6 Å². The van der Waals surface area contributed by atoms with Gasteiger partial charge in [-0.05, 0) is 25.5 Å². The molecule has 98 valence electrons. The lowest BCUT2D eigenvalue weighted by Crippen LogP contribution is -2.48. The number of ether oxygens (including phenoxy) is 1. The summed E-state index contributed by atoms with van der Waals surface area (Å²) in [5.74, 6) is 0.116. The second-order valence-electron chi connectivity index (χ2n) is 4.82. The first-order valence-electron chi connectivity index (χ1n) is 6.23. The molecule has 18 heavy (non-hydrogen) atoms. The number of benzene rings is 1. The van der Waals surface area contributed by atoms with Gasteiger partial charge in [0.1, 0.15) is 0 Å². The molecule has 0 bridgehead atoms. The second-order valence-corrected chi connectivity index (χ2v) is 5.23. The van der Waals surface area contributed by atoms with Crippen LogP contribution in [0, 0.1) is 0 Å². The van der Waals surface area contributed by atoms with Crippen LogP contribution in [0.5, 0.6) is 0 Å². The molecule has 0 aliphatic carbocycles. The maximum absolute atomic E-state index is 12.2. The van der Waals surface area contributed by atoms with Gasteiger partial charge >= 0.3 is 0 Å². The van der Waals surface area contributed by atoms with Gasteiger partial charge in [-0.2, -0.15) is 0 Å². The summed E-state index contributed by atoms with van der Waals surface area (Å²) in [5, 5.41) is 0.653. The third-order valence-corrected chi connectivity index (χ3v) is 3.44. The fraction of sp³-hybridized carbons (Fsp3) is 0.500. The van der Waals surface area contributed by atoms with E-state index in [0.29, 0.717) is 24.5 Å². The molecule has 0 aromatic heterocycles. The lowest BCUT2D eigenvalue weighted by molar-refractivity contribution is -0.142. The van der Waals surface area contributed by atoms with E-state index in [2.05, 4.69) is 0 Å². The minimum absolute atomic E-state index is 0.101. The molecule has 0 unspecified atom stereocenters. The lowest BCUT2D eigenvalue weighted by Gasteiger charge is -2.35. The minimum atomic E-state index is 0.101. The minimum Gasteiger partial charge on any atom is -0.372 e. The summed E-state index contributed by atoms with van der Waals surface area (Å²) in [7, 11) is 0. The Balaban J connectivity index is 2.02. The lowest BCUT2D eigenvalue weighted by atomic mass is 10.1. The van der Waals surface area contributed by atoms with Crippen LogP contribution in [0.25, 0.3) is 0 Å². The van der Waals surface area contributed by atoms with Crippen LogP contribution < -0.4 is 0 Å². The molecular weight excluding hydrogens is 250 g/mol. The van der Waals surface area contributed by atoms with Crippen LogP contribution in [0.3, 0.4) is 0 Å². The third kappa shape index (κ3) is 3.24. The Kier molecular flexibility index (Phi) is 4.25. The van der Waals surface area contributed by atoms with Gasteiger partial charge in [-0.3, -0.25) is 4.79 Å². The maximum Gasteiger partial charge on any atom is 0.227 e. The number of carbonyl (C=O) groups is 1. The molecule has 1 amide bonds. The number of nitrogens with zero attached hydrogens (tertiary/aromatic N) is 1. The van der Waals surface area contributed by atoms with E-state index in [1.165, 1.54) is 0 Å². The van der Waals surface area contributed by atoms with Crippen molar-refractivity contribution in [2.45, 2.75) is 32.5 Å². The Hall–Kier alpha value is -1.06. The topological polar surface area (TPSA) is 29.5 Å². The Labute approximate surface area is 113 Å². The summed E-state index contributed by atoms with van der Waals surface area (Å²) in [4.78, 5) is 14.1. The number of hydrogen-bond donors (Lipinski definition) is 0. The van der Waals surface area contributed by atoms with Gasteiger partial charge in [0.15, 0.2) is 0 Å². The SMILES string of the molecule is C[C@@H]1CN(C(=O)Cc2ccccc2Cl)C[C@@H](C)O1. The molecule has 1 aromatic carbocycles. The number of morpholine rings is 1. The molecule has 2 atom stereocenters. The molecule has 1 saturated heterocycles. The van der Waals surface area contributed by atoms with E-state index in [9.17, 15) is 4.79 Å². The van der Waals surface area contributed by atoms with Crippen molar-refractivity contribution in [2.75, 3.05) is 13.1 Å². The Morgan fingerprint density at radius 1 is 1.33 bits per heavy atom. The summed E-state index contributed by atoms with van der Waals surface area (Å²) in [5.41, 5.74) is 0.885. The van der Waals surface area contributed by atoms with Gasteiger partial charge in [-0.25, -0.2) is 0 Å². The average Bonchev–Trinajstić information content (AvgIpc) is 2.31. The van der Waals surface area contributed by atoms with Crippen molar-refractivity contribution in [1.82, 2.24) is 4.90 Å². The molecule has 3 nitrogen and oxygen atoms in total. The molecule has 0 spiro atoms. The van der Waals surface area contributed by atoms with Crippen LogP contribution in [0.15, 0.2) is 24.3 Å². The molecule has 1 fully saturated rings. The number of halogens is 1. The second kappa shape index (κ2) is 5.72. The smallest absolute Gasteiger partial charge is 0.227 e. The summed E-state index contributed by atoms with van der Waals surface area (Å²) >= 11 is 6.07. The van der Waals surface area contributed by atoms with E-state index in [1.54, 1.807) is 0 Å². The average molecular weight is 268 g/mol. The molecule has 1 heterocycles. The van der Waals surface area contributed by atoms with Crippen molar-refractivity contribution in [3.8, 4) is 0 Å². The summed E-state index contributed by atoms with van der Waals surface area (Å²) in [6, 6.07) is 7.48. The third-order valence-electron chi connectivity index (χ3n) is 3.07. The fourth-order valence-corrected chi connectivity index (χ4v) is 2.50. The Bertz CT molecular complexity index is 426. The highest BCUT2D eigenvalue weighted by molar-refractivity contribution is 6.31. The van der Waals surface area contributed by atoms with Crippen LogP contribution in [-0.2, 0) is 16.0 Å². The maximum atomic E-state index is 12.2. The molecule has 1 aliphatic rings. The van der Waals surface area contributed by atoms with Crippen LogP contribution in [0.4, 0.5) is 0 Å². The monoisotopic (exact) mass is 267 g/mol. The first-order chi connectivity index (χ1) is 8.56.